The number of benzene rings is 1. The van der Waals surface area contributed by atoms with Crippen LogP contribution in [0.1, 0.15) is 29.3 Å². The summed E-state index contributed by atoms with van der Waals surface area (Å²) in [7, 11) is -1.14. The summed E-state index contributed by atoms with van der Waals surface area (Å²) in [5, 5.41) is 18.8. The fraction of sp³-hybridized carbons (Fsp3) is 0.333. The van der Waals surface area contributed by atoms with Gasteiger partial charge >= 0.3 is 13.1 Å². The van der Waals surface area contributed by atoms with Gasteiger partial charge in [0.1, 0.15) is 11.5 Å². The van der Waals surface area contributed by atoms with E-state index in [0.29, 0.717) is 12.0 Å². The number of carbonyl (C=O) groups excluding carboxylic acids is 1. The molecular weight excluding hydrogens is 235 g/mol. The first-order valence-corrected chi connectivity index (χ1v) is 5.68. The normalized spacial score (nSPS) is 17.9. The standard InChI is InChI=1S/C12H13BO5/c1-7(14)5-9-6-8-3-2-4-10(12(15)16)11(8)18-13(9)17/h2-4,9,17H,5-6H2,1H3,(H,15,16)/t9-/m0/s1. The van der Waals surface area contributed by atoms with Gasteiger partial charge in [0, 0.05) is 12.2 Å². The van der Waals surface area contributed by atoms with E-state index >= 15 is 0 Å². The zero-order valence-electron chi connectivity index (χ0n) is 9.92. The van der Waals surface area contributed by atoms with Crippen molar-refractivity contribution < 1.29 is 24.4 Å². The summed E-state index contributed by atoms with van der Waals surface area (Å²) < 4.78 is 5.26. The highest BCUT2D eigenvalue weighted by molar-refractivity contribution is 6.46. The van der Waals surface area contributed by atoms with Crippen LogP contribution in [0.3, 0.4) is 0 Å². The van der Waals surface area contributed by atoms with Crippen molar-refractivity contribution in [2.24, 2.45) is 0 Å². The predicted molar refractivity (Wildman–Crippen MR) is 64.8 cm³/mol. The van der Waals surface area contributed by atoms with Crippen LogP contribution in [-0.2, 0) is 11.2 Å². The van der Waals surface area contributed by atoms with Crippen molar-refractivity contribution in [1.29, 1.82) is 0 Å². The number of carbonyl (C=O) groups is 2. The lowest BCUT2D eigenvalue weighted by atomic mass is 9.64. The second kappa shape index (κ2) is 4.82. The molecule has 2 rings (SSSR count). The van der Waals surface area contributed by atoms with Crippen LogP contribution in [0.2, 0.25) is 5.82 Å². The van der Waals surface area contributed by atoms with Crippen LogP contribution in [0, 0.1) is 0 Å². The van der Waals surface area contributed by atoms with Gasteiger partial charge in [-0.3, -0.25) is 0 Å². The predicted octanol–water partition coefficient (Wildman–Crippen LogP) is 1.15. The van der Waals surface area contributed by atoms with E-state index in [2.05, 4.69) is 0 Å². The number of para-hydroxylation sites is 1. The van der Waals surface area contributed by atoms with Crippen molar-refractivity contribution in [2.45, 2.75) is 25.6 Å². The summed E-state index contributed by atoms with van der Waals surface area (Å²) in [6.07, 6.45) is 0.662. The Morgan fingerprint density at radius 2 is 2.22 bits per heavy atom. The van der Waals surface area contributed by atoms with Gasteiger partial charge in [-0.15, -0.1) is 0 Å². The van der Waals surface area contributed by atoms with Crippen molar-refractivity contribution >= 4 is 18.9 Å². The lowest BCUT2D eigenvalue weighted by Gasteiger charge is -2.27. The maximum absolute atomic E-state index is 11.1. The van der Waals surface area contributed by atoms with Crippen molar-refractivity contribution in [3.63, 3.8) is 0 Å². The minimum atomic E-state index is -1.14. The third kappa shape index (κ3) is 2.38. The molecule has 0 bridgehead atoms. The van der Waals surface area contributed by atoms with Crippen molar-refractivity contribution in [1.82, 2.24) is 0 Å². The van der Waals surface area contributed by atoms with Crippen LogP contribution >= 0.6 is 0 Å². The number of hydrogen-bond donors (Lipinski definition) is 2. The van der Waals surface area contributed by atoms with Crippen molar-refractivity contribution in [3.8, 4) is 5.75 Å². The average Bonchev–Trinajstić information content (AvgIpc) is 2.28. The Kier molecular flexibility index (Phi) is 3.38. The Labute approximate surface area is 105 Å². The number of ketones is 1. The lowest BCUT2D eigenvalue weighted by Crippen LogP contribution is -2.35. The Balaban J connectivity index is 2.33. The molecule has 18 heavy (non-hydrogen) atoms. The van der Waals surface area contributed by atoms with E-state index in [1.54, 1.807) is 12.1 Å². The monoisotopic (exact) mass is 248 g/mol. The minimum absolute atomic E-state index is 0.0273. The van der Waals surface area contributed by atoms with E-state index < -0.39 is 13.1 Å². The highest BCUT2D eigenvalue weighted by atomic mass is 16.5. The van der Waals surface area contributed by atoms with Crippen LogP contribution in [-0.4, -0.2) is 29.0 Å². The van der Waals surface area contributed by atoms with Gasteiger partial charge in [0.05, 0.1) is 5.56 Å². The van der Waals surface area contributed by atoms with Gasteiger partial charge in [0.25, 0.3) is 0 Å². The molecule has 1 aliphatic rings. The van der Waals surface area contributed by atoms with Crippen LogP contribution in [0.5, 0.6) is 5.75 Å². The fourth-order valence-electron chi connectivity index (χ4n) is 2.20. The van der Waals surface area contributed by atoms with Gasteiger partial charge in [-0.2, -0.15) is 0 Å². The Bertz CT molecular complexity index is 499. The SMILES string of the molecule is CC(=O)C[C@H]1Cc2cccc(C(=O)O)c2OB1O. The topological polar surface area (TPSA) is 83.8 Å². The van der Waals surface area contributed by atoms with Crippen LogP contribution in [0.4, 0.5) is 0 Å². The molecule has 1 heterocycles. The highest BCUT2D eigenvalue weighted by Crippen LogP contribution is 2.36. The summed E-state index contributed by atoms with van der Waals surface area (Å²) in [5.74, 6) is -1.24. The molecule has 1 aliphatic heterocycles. The van der Waals surface area contributed by atoms with Crippen LogP contribution < -0.4 is 4.65 Å². The molecule has 1 atom stereocenters. The highest BCUT2D eigenvalue weighted by Gasteiger charge is 2.37. The number of Topliss-reactive ketones (excluding diaryl/α,β-unsaturated/α-hetero) is 1. The van der Waals surface area contributed by atoms with E-state index in [9.17, 15) is 14.6 Å². The zero-order chi connectivity index (χ0) is 13.3. The minimum Gasteiger partial charge on any atom is -0.535 e. The molecule has 1 aromatic carbocycles. The molecule has 94 valence electrons. The quantitative estimate of drug-likeness (QED) is 0.784. The molecule has 0 amide bonds. The largest absolute Gasteiger partial charge is 0.535 e. The summed E-state index contributed by atoms with van der Waals surface area (Å²) in [6, 6.07) is 4.81. The summed E-state index contributed by atoms with van der Waals surface area (Å²) in [4.78, 5) is 22.1. The zero-order valence-corrected chi connectivity index (χ0v) is 9.92. The Morgan fingerprint density at radius 1 is 1.50 bits per heavy atom. The van der Waals surface area contributed by atoms with Gasteiger partial charge in [0.15, 0.2) is 0 Å². The molecule has 6 heteroatoms. The molecule has 0 saturated heterocycles. The molecular formula is C12H13BO5. The first-order valence-electron chi connectivity index (χ1n) is 5.68. The summed E-state index contributed by atoms with van der Waals surface area (Å²) >= 11 is 0. The molecule has 0 fully saturated rings. The Hall–Kier alpha value is -1.82. The summed E-state index contributed by atoms with van der Waals surface area (Å²) in [6.45, 7) is 1.45. The lowest BCUT2D eigenvalue weighted by molar-refractivity contribution is -0.117. The number of carboxylic acids is 1. The molecule has 0 saturated carbocycles. The smallest absolute Gasteiger partial charge is 0.526 e. The van der Waals surface area contributed by atoms with Gasteiger partial charge in [0.2, 0.25) is 0 Å². The first kappa shape index (κ1) is 12.6. The number of rotatable bonds is 3. The molecule has 0 spiro atoms. The Morgan fingerprint density at radius 3 is 2.83 bits per heavy atom. The molecule has 0 aromatic heterocycles. The number of carboxylic acid groups (broad SMARTS) is 1. The van der Waals surface area contributed by atoms with Crippen LogP contribution in [0.25, 0.3) is 0 Å². The van der Waals surface area contributed by atoms with E-state index in [4.69, 9.17) is 9.76 Å². The third-order valence-corrected chi connectivity index (χ3v) is 3.00. The molecule has 1 aromatic rings. The number of fused-ring (bicyclic) bond motifs is 1. The number of aromatic carboxylic acids is 1. The van der Waals surface area contributed by atoms with Gasteiger partial charge in [-0.1, -0.05) is 12.1 Å². The molecule has 0 aliphatic carbocycles. The van der Waals surface area contributed by atoms with Gasteiger partial charge in [-0.05, 0) is 25.0 Å². The number of hydrogen-bond acceptors (Lipinski definition) is 4. The third-order valence-electron chi connectivity index (χ3n) is 3.00. The maximum Gasteiger partial charge on any atom is 0.526 e. The van der Waals surface area contributed by atoms with E-state index in [1.165, 1.54) is 13.0 Å². The van der Waals surface area contributed by atoms with Crippen molar-refractivity contribution in [2.75, 3.05) is 0 Å². The fourth-order valence-corrected chi connectivity index (χ4v) is 2.20. The second-order valence-corrected chi connectivity index (χ2v) is 4.48. The van der Waals surface area contributed by atoms with Crippen molar-refractivity contribution in [3.05, 3.63) is 29.3 Å². The molecule has 0 radical (unpaired) electrons. The average molecular weight is 248 g/mol. The van der Waals surface area contributed by atoms with E-state index in [0.717, 1.165) is 0 Å². The first-order chi connectivity index (χ1) is 8.49. The molecule has 2 N–H and O–H groups in total. The van der Waals surface area contributed by atoms with Gasteiger partial charge < -0.3 is 19.6 Å². The maximum atomic E-state index is 11.1. The molecule has 5 nitrogen and oxygen atoms in total. The molecule has 0 unspecified atom stereocenters. The van der Waals surface area contributed by atoms with E-state index in [1.807, 2.05) is 0 Å². The van der Waals surface area contributed by atoms with Crippen LogP contribution in [0.15, 0.2) is 18.2 Å². The summed E-state index contributed by atoms with van der Waals surface area (Å²) in [5.41, 5.74) is 0.749. The van der Waals surface area contributed by atoms with E-state index in [-0.39, 0.29) is 29.3 Å². The second-order valence-electron chi connectivity index (χ2n) is 4.48. The van der Waals surface area contributed by atoms with Gasteiger partial charge in [-0.25, -0.2) is 4.79 Å².